The second kappa shape index (κ2) is 4.60. The van der Waals surface area contributed by atoms with Crippen LogP contribution in [-0.2, 0) is 4.74 Å². The molecule has 2 bridgehead atoms. The summed E-state index contributed by atoms with van der Waals surface area (Å²) in [6.45, 7) is 5.63. The van der Waals surface area contributed by atoms with E-state index in [-0.39, 0.29) is 18.1 Å². The lowest BCUT2D eigenvalue weighted by Gasteiger charge is -2.32. The molecule has 1 aromatic heterocycles. The molecule has 21 heavy (non-hydrogen) atoms. The number of nitrogens with zero attached hydrogens (tertiary/aromatic N) is 1. The highest BCUT2D eigenvalue weighted by Crippen LogP contribution is 2.28. The van der Waals surface area contributed by atoms with E-state index in [4.69, 9.17) is 4.74 Å². The zero-order chi connectivity index (χ0) is 14.6. The molecule has 110 valence electrons. The highest BCUT2D eigenvalue weighted by Gasteiger charge is 2.35. The third kappa shape index (κ3) is 2.05. The lowest BCUT2D eigenvalue weighted by Crippen LogP contribution is -2.45. The average molecular weight is 284 g/mol. The predicted octanol–water partition coefficient (Wildman–Crippen LogP) is 2.79. The van der Waals surface area contributed by atoms with Crippen molar-refractivity contribution in [2.45, 2.75) is 38.9 Å². The van der Waals surface area contributed by atoms with Gasteiger partial charge >= 0.3 is 0 Å². The number of likely N-dealkylation sites (tertiary alicyclic amines) is 1. The highest BCUT2D eigenvalue weighted by molar-refractivity contribution is 5.99. The molecule has 4 rings (SSSR count). The van der Waals surface area contributed by atoms with Crippen LogP contribution in [0.3, 0.4) is 0 Å². The molecule has 2 aliphatic rings. The van der Waals surface area contributed by atoms with Crippen LogP contribution < -0.4 is 0 Å². The number of amides is 1. The average Bonchev–Trinajstić information content (AvgIpc) is 2.98. The van der Waals surface area contributed by atoms with Crippen LogP contribution >= 0.6 is 0 Å². The Labute approximate surface area is 124 Å². The van der Waals surface area contributed by atoms with Crippen molar-refractivity contribution in [1.29, 1.82) is 0 Å². The number of ether oxygens (including phenoxy) is 1. The van der Waals surface area contributed by atoms with E-state index in [1.54, 1.807) is 0 Å². The zero-order valence-corrected chi connectivity index (χ0v) is 12.5. The minimum atomic E-state index is 0.135. The minimum Gasteiger partial charge on any atom is -0.371 e. The maximum atomic E-state index is 12.7. The summed E-state index contributed by atoms with van der Waals surface area (Å²) >= 11 is 0. The standard InChI is InChI=1S/C17H20N2O2/c1-10-11(2)18-16-6-3-12(7-15(10)16)17(20)19-8-13-4-5-14(9-19)21-13/h3,6-7,13-14,18H,4-5,8-9H2,1-2H3. The number of H-pyrrole nitrogens is 1. The number of aromatic amines is 1. The van der Waals surface area contributed by atoms with Crippen LogP contribution in [0.25, 0.3) is 10.9 Å². The molecule has 0 saturated carbocycles. The van der Waals surface area contributed by atoms with Crippen LogP contribution in [-0.4, -0.2) is 41.1 Å². The summed E-state index contributed by atoms with van der Waals surface area (Å²) in [7, 11) is 0. The molecule has 4 heteroatoms. The highest BCUT2D eigenvalue weighted by atomic mass is 16.5. The molecule has 2 fully saturated rings. The van der Waals surface area contributed by atoms with Crippen molar-refractivity contribution < 1.29 is 9.53 Å². The monoisotopic (exact) mass is 284 g/mol. The Kier molecular flexibility index (Phi) is 2.82. The van der Waals surface area contributed by atoms with Crippen molar-refractivity contribution in [3.8, 4) is 0 Å². The predicted molar refractivity (Wildman–Crippen MR) is 81.6 cm³/mol. The number of hydrogen-bond acceptors (Lipinski definition) is 2. The van der Waals surface area contributed by atoms with Crippen LogP contribution in [0, 0.1) is 13.8 Å². The van der Waals surface area contributed by atoms with Gasteiger partial charge in [0.2, 0.25) is 0 Å². The second-order valence-corrected chi connectivity index (χ2v) is 6.30. The van der Waals surface area contributed by atoms with Crippen LogP contribution in [0.2, 0.25) is 0 Å². The molecule has 2 saturated heterocycles. The van der Waals surface area contributed by atoms with E-state index in [0.29, 0.717) is 0 Å². The van der Waals surface area contributed by atoms with Crippen LogP contribution in [0.1, 0.15) is 34.5 Å². The van der Waals surface area contributed by atoms with E-state index in [0.717, 1.165) is 42.4 Å². The normalized spacial score (nSPS) is 24.8. The number of nitrogens with one attached hydrogen (secondary N) is 1. The van der Waals surface area contributed by atoms with Crippen molar-refractivity contribution in [3.05, 3.63) is 35.0 Å². The Hall–Kier alpha value is -1.81. The summed E-state index contributed by atoms with van der Waals surface area (Å²) in [5.41, 5.74) is 4.27. The first kappa shape index (κ1) is 12.9. The third-order valence-corrected chi connectivity index (χ3v) is 4.89. The molecule has 1 aromatic carbocycles. The lowest BCUT2D eigenvalue weighted by atomic mass is 10.1. The van der Waals surface area contributed by atoms with Gasteiger partial charge in [-0.05, 0) is 50.5 Å². The fourth-order valence-corrected chi connectivity index (χ4v) is 3.56. The van der Waals surface area contributed by atoms with Gasteiger partial charge in [0.05, 0.1) is 12.2 Å². The Balaban J connectivity index is 1.66. The molecule has 2 atom stereocenters. The Morgan fingerprint density at radius 1 is 1.24 bits per heavy atom. The van der Waals surface area contributed by atoms with Gasteiger partial charge in [-0.3, -0.25) is 4.79 Å². The van der Waals surface area contributed by atoms with Crippen LogP contribution in [0.5, 0.6) is 0 Å². The smallest absolute Gasteiger partial charge is 0.254 e. The molecular weight excluding hydrogens is 264 g/mol. The summed E-state index contributed by atoms with van der Waals surface area (Å²) in [5, 5.41) is 1.15. The maximum absolute atomic E-state index is 12.7. The summed E-state index contributed by atoms with van der Waals surface area (Å²) in [6.07, 6.45) is 2.66. The van der Waals surface area contributed by atoms with Gasteiger partial charge in [-0.25, -0.2) is 0 Å². The molecule has 4 nitrogen and oxygen atoms in total. The van der Waals surface area contributed by atoms with Gasteiger partial charge in [0.25, 0.3) is 5.91 Å². The first-order valence-corrected chi connectivity index (χ1v) is 7.65. The number of aromatic nitrogens is 1. The number of benzene rings is 1. The Morgan fingerprint density at radius 2 is 1.95 bits per heavy atom. The number of carbonyl (C=O) groups excluding carboxylic acids is 1. The molecule has 1 amide bonds. The van der Waals surface area contributed by atoms with Crippen molar-refractivity contribution in [1.82, 2.24) is 9.88 Å². The molecule has 0 radical (unpaired) electrons. The quantitative estimate of drug-likeness (QED) is 0.875. The first-order valence-electron chi connectivity index (χ1n) is 7.65. The van der Waals surface area contributed by atoms with Crippen molar-refractivity contribution >= 4 is 16.8 Å². The van der Waals surface area contributed by atoms with Gasteiger partial charge in [0.1, 0.15) is 0 Å². The van der Waals surface area contributed by atoms with Crippen LogP contribution in [0.15, 0.2) is 18.2 Å². The van der Waals surface area contributed by atoms with E-state index in [9.17, 15) is 4.79 Å². The number of hydrogen-bond donors (Lipinski definition) is 1. The summed E-state index contributed by atoms with van der Waals surface area (Å²) < 4.78 is 5.81. The first-order chi connectivity index (χ1) is 10.1. The third-order valence-electron chi connectivity index (χ3n) is 4.89. The number of morpholine rings is 1. The SMILES string of the molecule is Cc1[nH]c2ccc(C(=O)N3CC4CCC(C3)O4)cc2c1C. The zero-order valence-electron chi connectivity index (χ0n) is 12.5. The lowest BCUT2D eigenvalue weighted by molar-refractivity contribution is -0.0303. The molecule has 2 aliphatic heterocycles. The van der Waals surface area contributed by atoms with E-state index in [1.807, 2.05) is 23.1 Å². The Morgan fingerprint density at radius 3 is 2.67 bits per heavy atom. The maximum Gasteiger partial charge on any atom is 0.254 e. The number of aryl methyl sites for hydroxylation is 2. The summed E-state index contributed by atoms with van der Waals surface area (Å²) in [5.74, 6) is 0.135. The molecule has 0 aliphatic carbocycles. The van der Waals surface area contributed by atoms with Gasteiger partial charge in [-0.15, -0.1) is 0 Å². The van der Waals surface area contributed by atoms with E-state index >= 15 is 0 Å². The molecule has 3 heterocycles. The molecule has 2 unspecified atom stereocenters. The van der Waals surface area contributed by atoms with Crippen molar-refractivity contribution in [3.63, 3.8) is 0 Å². The molecule has 2 aromatic rings. The molecule has 0 spiro atoms. The Bertz CT molecular complexity index is 707. The van der Waals surface area contributed by atoms with E-state index < -0.39 is 0 Å². The van der Waals surface area contributed by atoms with Gasteiger partial charge in [-0.1, -0.05) is 0 Å². The van der Waals surface area contributed by atoms with Gasteiger partial charge in [0, 0.05) is 35.2 Å². The van der Waals surface area contributed by atoms with Gasteiger partial charge in [-0.2, -0.15) is 0 Å². The van der Waals surface area contributed by atoms with Gasteiger partial charge < -0.3 is 14.6 Å². The summed E-state index contributed by atoms with van der Waals surface area (Å²) in [6, 6.07) is 5.96. The van der Waals surface area contributed by atoms with E-state index in [1.165, 1.54) is 11.3 Å². The molecule has 1 N–H and O–H groups in total. The van der Waals surface area contributed by atoms with Crippen molar-refractivity contribution in [2.75, 3.05) is 13.1 Å². The summed E-state index contributed by atoms with van der Waals surface area (Å²) in [4.78, 5) is 18.1. The largest absolute Gasteiger partial charge is 0.371 e. The molecular formula is C17H20N2O2. The fraction of sp³-hybridized carbons (Fsp3) is 0.471. The number of carbonyl (C=O) groups is 1. The van der Waals surface area contributed by atoms with E-state index in [2.05, 4.69) is 18.8 Å². The topological polar surface area (TPSA) is 45.3 Å². The van der Waals surface area contributed by atoms with Gasteiger partial charge in [0.15, 0.2) is 0 Å². The second-order valence-electron chi connectivity index (χ2n) is 6.30. The number of fused-ring (bicyclic) bond motifs is 3. The fourth-order valence-electron chi connectivity index (χ4n) is 3.56. The minimum absolute atomic E-state index is 0.135. The number of rotatable bonds is 1. The van der Waals surface area contributed by atoms with Crippen molar-refractivity contribution in [2.24, 2.45) is 0 Å². The van der Waals surface area contributed by atoms with Crippen LogP contribution in [0.4, 0.5) is 0 Å².